The minimum absolute atomic E-state index is 0.148. The highest BCUT2D eigenvalue weighted by Crippen LogP contribution is 2.28. The lowest BCUT2D eigenvalue weighted by atomic mass is 9.90. The van der Waals surface area contributed by atoms with Crippen LogP contribution in [0.1, 0.15) is 34.5 Å². The van der Waals surface area contributed by atoms with E-state index in [0.717, 1.165) is 16.7 Å². The summed E-state index contributed by atoms with van der Waals surface area (Å²) in [4.78, 5) is 18.0. The Morgan fingerprint density at radius 1 is 0.867 bits per heavy atom. The number of halogens is 1. The third kappa shape index (κ3) is 4.15. The van der Waals surface area contributed by atoms with Crippen molar-refractivity contribution >= 4 is 5.91 Å². The zero-order valence-corrected chi connectivity index (χ0v) is 16.6. The maximum Gasteiger partial charge on any atom is 0.232 e. The lowest BCUT2D eigenvalue weighted by Crippen LogP contribution is -2.35. The van der Waals surface area contributed by atoms with Crippen LogP contribution in [0.2, 0.25) is 0 Å². The Labute approximate surface area is 175 Å². The number of amides is 1. The summed E-state index contributed by atoms with van der Waals surface area (Å²) in [6.07, 6.45) is 3.51. The minimum atomic E-state index is -0.506. The molecule has 1 amide bonds. The molecule has 0 bridgehead atoms. The van der Waals surface area contributed by atoms with Gasteiger partial charge in [-0.25, -0.2) is 9.37 Å². The van der Waals surface area contributed by atoms with Crippen LogP contribution >= 0.6 is 0 Å². The molecule has 1 aromatic heterocycles. The van der Waals surface area contributed by atoms with Gasteiger partial charge in [-0.2, -0.15) is 0 Å². The Bertz CT molecular complexity index is 1070. The number of aromatic nitrogens is 2. The van der Waals surface area contributed by atoms with Gasteiger partial charge in [0.2, 0.25) is 5.91 Å². The van der Waals surface area contributed by atoms with Gasteiger partial charge in [-0.15, -0.1) is 0 Å². The Hall–Kier alpha value is -3.73. The predicted octanol–water partition coefficient (Wildman–Crippen LogP) is 4.60. The molecular formula is C25H22FN3O. The number of hydrogen-bond acceptors (Lipinski definition) is 2. The molecule has 4 nitrogen and oxygen atoms in total. The number of rotatable bonds is 6. The molecule has 4 rings (SSSR count). The summed E-state index contributed by atoms with van der Waals surface area (Å²) in [6, 6.07) is 25.0. The van der Waals surface area contributed by atoms with E-state index in [9.17, 15) is 9.18 Å². The first-order chi connectivity index (χ1) is 14.6. The fourth-order valence-electron chi connectivity index (χ4n) is 3.62. The van der Waals surface area contributed by atoms with Gasteiger partial charge in [-0.1, -0.05) is 72.8 Å². The second kappa shape index (κ2) is 8.74. The van der Waals surface area contributed by atoms with Crippen LogP contribution < -0.4 is 5.32 Å². The topological polar surface area (TPSA) is 46.9 Å². The number of aryl methyl sites for hydroxylation is 1. The number of carbonyl (C=O) groups is 1. The SMILES string of the molecule is Cn1ccnc1[C@@H](NC(=O)C(c1ccccc1)c1ccccc1)c1ccc(F)cc1. The van der Waals surface area contributed by atoms with Crippen LogP contribution in [0.3, 0.4) is 0 Å². The van der Waals surface area contributed by atoms with Crippen molar-refractivity contribution in [3.8, 4) is 0 Å². The highest BCUT2D eigenvalue weighted by Gasteiger charge is 2.27. The van der Waals surface area contributed by atoms with Crippen molar-refractivity contribution in [1.82, 2.24) is 14.9 Å². The van der Waals surface area contributed by atoms with Crippen LogP contribution in [0.15, 0.2) is 97.3 Å². The molecule has 0 unspecified atom stereocenters. The predicted molar refractivity (Wildman–Crippen MR) is 114 cm³/mol. The smallest absolute Gasteiger partial charge is 0.232 e. The van der Waals surface area contributed by atoms with Gasteiger partial charge in [-0.05, 0) is 28.8 Å². The average molecular weight is 399 g/mol. The Balaban J connectivity index is 1.73. The molecule has 0 saturated heterocycles. The van der Waals surface area contributed by atoms with E-state index in [1.165, 1.54) is 12.1 Å². The van der Waals surface area contributed by atoms with Crippen molar-refractivity contribution in [3.05, 3.63) is 126 Å². The molecule has 4 aromatic rings. The van der Waals surface area contributed by atoms with Crippen molar-refractivity contribution in [2.24, 2.45) is 7.05 Å². The second-order valence-electron chi connectivity index (χ2n) is 7.14. The van der Waals surface area contributed by atoms with E-state index in [4.69, 9.17) is 0 Å². The quantitative estimate of drug-likeness (QED) is 0.515. The van der Waals surface area contributed by atoms with E-state index in [1.54, 1.807) is 18.3 Å². The maximum absolute atomic E-state index is 13.6. The van der Waals surface area contributed by atoms with Gasteiger partial charge >= 0.3 is 0 Å². The van der Waals surface area contributed by atoms with Crippen LogP contribution in [0.4, 0.5) is 4.39 Å². The third-order valence-electron chi connectivity index (χ3n) is 5.13. The van der Waals surface area contributed by atoms with Crippen LogP contribution in [0, 0.1) is 5.82 Å². The fraction of sp³-hybridized carbons (Fsp3) is 0.120. The van der Waals surface area contributed by atoms with E-state index in [1.807, 2.05) is 78.5 Å². The number of hydrogen-bond donors (Lipinski definition) is 1. The Kier molecular flexibility index (Phi) is 5.70. The van der Waals surface area contributed by atoms with Gasteiger partial charge in [0.1, 0.15) is 17.7 Å². The summed E-state index contributed by atoms with van der Waals surface area (Å²) in [5.74, 6) is -0.273. The van der Waals surface area contributed by atoms with E-state index in [0.29, 0.717) is 5.82 Å². The Morgan fingerprint density at radius 3 is 1.93 bits per heavy atom. The number of nitrogens with zero attached hydrogens (tertiary/aromatic N) is 2. The van der Waals surface area contributed by atoms with Crippen LogP contribution in [0.25, 0.3) is 0 Å². The summed E-state index contributed by atoms with van der Waals surface area (Å²) < 4.78 is 15.4. The van der Waals surface area contributed by atoms with Gasteiger partial charge < -0.3 is 9.88 Å². The molecule has 0 aliphatic rings. The fourth-order valence-corrected chi connectivity index (χ4v) is 3.62. The summed E-state index contributed by atoms with van der Waals surface area (Å²) in [5.41, 5.74) is 2.57. The van der Waals surface area contributed by atoms with Gasteiger partial charge in [0.25, 0.3) is 0 Å². The molecule has 0 spiro atoms. The van der Waals surface area contributed by atoms with E-state index in [2.05, 4.69) is 10.3 Å². The number of imidazole rings is 1. The minimum Gasteiger partial charge on any atom is -0.341 e. The largest absolute Gasteiger partial charge is 0.341 e. The van der Waals surface area contributed by atoms with Gasteiger partial charge in [0, 0.05) is 19.4 Å². The number of carbonyl (C=O) groups excluding carboxylic acids is 1. The normalized spacial score (nSPS) is 12.0. The molecule has 1 N–H and O–H groups in total. The second-order valence-corrected chi connectivity index (χ2v) is 7.14. The van der Waals surface area contributed by atoms with E-state index >= 15 is 0 Å². The lowest BCUT2D eigenvalue weighted by Gasteiger charge is -2.24. The summed E-state index contributed by atoms with van der Waals surface area (Å²) in [7, 11) is 1.87. The summed E-state index contributed by atoms with van der Waals surface area (Å²) in [6.45, 7) is 0. The average Bonchev–Trinajstić information content (AvgIpc) is 3.20. The molecular weight excluding hydrogens is 377 g/mol. The van der Waals surface area contributed by atoms with Crippen LogP contribution in [0.5, 0.6) is 0 Å². The van der Waals surface area contributed by atoms with Crippen LogP contribution in [-0.2, 0) is 11.8 Å². The molecule has 30 heavy (non-hydrogen) atoms. The number of benzene rings is 3. The molecule has 3 aromatic carbocycles. The van der Waals surface area contributed by atoms with E-state index < -0.39 is 12.0 Å². The lowest BCUT2D eigenvalue weighted by molar-refractivity contribution is -0.122. The van der Waals surface area contributed by atoms with Gasteiger partial charge in [0.05, 0.1) is 5.92 Å². The summed E-state index contributed by atoms with van der Waals surface area (Å²) in [5, 5.41) is 3.15. The summed E-state index contributed by atoms with van der Waals surface area (Å²) >= 11 is 0. The van der Waals surface area contributed by atoms with E-state index in [-0.39, 0.29) is 11.7 Å². The third-order valence-corrected chi connectivity index (χ3v) is 5.13. The monoisotopic (exact) mass is 399 g/mol. The van der Waals surface area contributed by atoms with Crippen molar-refractivity contribution in [1.29, 1.82) is 0 Å². The molecule has 1 heterocycles. The molecule has 0 saturated carbocycles. The number of nitrogens with one attached hydrogen (secondary N) is 1. The first kappa shape index (κ1) is 19.6. The molecule has 0 aliphatic carbocycles. The van der Waals surface area contributed by atoms with Crippen molar-refractivity contribution < 1.29 is 9.18 Å². The molecule has 0 fully saturated rings. The molecule has 0 radical (unpaired) electrons. The van der Waals surface area contributed by atoms with Crippen molar-refractivity contribution in [2.75, 3.05) is 0 Å². The highest BCUT2D eigenvalue weighted by molar-refractivity contribution is 5.87. The van der Waals surface area contributed by atoms with Crippen LogP contribution in [-0.4, -0.2) is 15.5 Å². The van der Waals surface area contributed by atoms with Gasteiger partial charge in [0.15, 0.2) is 0 Å². The molecule has 0 aliphatic heterocycles. The highest BCUT2D eigenvalue weighted by atomic mass is 19.1. The van der Waals surface area contributed by atoms with Gasteiger partial charge in [-0.3, -0.25) is 4.79 Å². The Morgan fingerprint density at radius 2 is 1.43 bits per heavy atom. The molecule has 150 valence electrons. The van der Waals surface area contributed by atoms with Crippen molar-refractivity contribution in [3.63, 3.8) is 0 Å². The molecule has 5 heteroatoms. The first-order valence-corrected chi connectivity index (χ1v) is 9.76. The standard InChI is InChI=1S/C25H22FN3O/c1-29-17-16-27-24(29)23(20-12-14-21(26)15-13-20)28-25(30)22(18-8-4-2-5-9-18)19-10-6-3-7-11-19/h2-17,22-23H,1H3,(H,28,30)/t23-/m0/s1. The zero-order chi connectivity index (χ0) is 20.9. The maximum atomic E-state index is 13.6. The van der Waals surface area contributed by atoms with Crippen molar-refractivity contribution in [2.45, 2.75) is 12.0 Å². The first-order valence-electron chi connectivity index (χ1n) is 9.76. The zero-order valence-electron chi connectivity index (χ0n) is 16.6. The molecule has 1 atom stereocenters.